The van der Waals surface area contributed by atoms with Gasteiger partial charge in [0.15, 0.2) is 0 Å². The van der Waals surface area contributed by atoms with Crippen LogP contribution in [0.4, 0.5) is 0 Å². The molecule has 0 aliphatic carbocycles. The summed E-state index contributed by atoms with van der Waals surface area (Å²) in [6, 6.07) is 64.1. The molecular formula is C63H46N4. The number of aromatic nitrogens is 4. The van der Waals surface area contributed by atoms with Gasteiger partial charge in [0.2, 0.25) is 0 Å². The average Bonchev–Trinajstić information content (AvgIpc) is 4.12. The maximum atomic E-state index is 5.97. The van der Waals surface area contributed by atoms with Gasteiger partial charge in [0.1, 0.15) is 5.65 Å². The van der Waals surface area contributed by atoms with Crippen molar-refractivity contribution in [3.63, 3.8) is 0 Å². The summed E-state index contributed by atoms with van der Waals surface area (Å²) >= 11 is 0. The van der Waals surface area contributed by atoms with E-state index in [1.165, 1.54) is 125 Å². The molecule has 0 saturated carbocycles. The molecule has 0 fully saturated rings. The van der Waals surface area contributed by atoms with Gasteiger partial charge in [0, 0.05) is 59.7 Å². The Morgan fingerprint density at radius 2 is 0.970 bits per heavy atom. The highest BCUT2D eigenvalue weighted by Gasteiger charge is 2.29. The second kappa shape index (κ2) is 12.5. The van der Waals surface area contributed by atoms with Gasteiger partial charge < -0.3 is 8.97 Å². The molecule has 0 N–H and O–H groups in total. The van der Waals surface area contributed by atoms with Gasteiger partial charge in [0.05, 0.1) is 44.1 Å². The quantitative estimate of drug-likeness (QED) is 0.170. The molecule has 0 bridgehead atoms. The van der Waals surface area contributed by atoms with Crippen molar-refractivity contribution in [2.24, 2.45) is 0 Å². The molecule has 4 heteroatoms. The van der Waals surface area contributed by atoms with Crippen molar-refractivity contribution in [2.45, 2.75) is 52.4 Å². The van der Waals surface area contributed by atoms with Crippen LogP contribution in [0.25, 0.3) is 137 Å². The van der Waals surface area contributed by atoms with E-state index < -0.39 is 0 Å². The third-order valence-corrected chi connectivity index (χ3v) is 15.3. The Hall–Kier alpha value is -7.95. The minimum Gasteiger partial charge on any atom is -0.309 e. The number of hydrogen-bond donors (Lipinski definition) is 0. The Labute approximate surface area is 386 Å². The second-order valence-electron chi connectivity index (χ2n) is 21.2. The predicted octanol–water partition coefficient (Wildman–Crippen LogP) is 17.0. The van der Waals surface area contributed by atoms with Crippen molar-refractivity contribution in [3.8, 4) is 16.8 Å². The molecular weight excluding hydrogens is 813 g/mol. The number of nitrogens with zero attached hydrogens (tertiary/aromatic N) is 4. The third-order valence-electron chi connectivity index (χ3n) is 15.3. The molecule has 0 saturated heterocycles. The summed E-state index contributed by atoms with van der Waals surface area (Å²) in [4.78, 5) is 5.97. The predicted molar refractivity (Wildman–Crippen MR) is 286 cm³/mol. The number of benzene rings is 9. The summed E-state index contributed by atoms with van der Waals surface area (Å²) in [6.07, 6.45) is 0. The molecule has 6 aromatic heterocycles. The molecule has 6 heterocycles. The monoisotopic (exact) mass is 858 g/mol. The molecule has 67 heavy (non-hydrogen) atoms. The largest absolute Gasteiger partial charge is 0.309 e. The van der Waals surface area contributed by atoms with Crippen LogP contribution in [0.2, 0.25) is 0 Å². The Bertz CT molecular complexity index is 4620. The fraction of sp³-hybridized carbons (Fsp3) is 0.127. The summed E-state index contributed by atoms with van der Waals surface area (Å²) in [5.41, 5.74) is 16.6. The molecule has 0 aliphatic rings. The summed E-state index contributed by atoms with van der Waals surface area (Å²) in [5, 5.41) is 16.3. The third kappa shape index (κ3) is 4.84. The zero-order valence-corrected chi connectivity index (χ0v) is 38.5. The lowest BCUT2D eigenvalue weighted by molar-refractivity contribution is 0.591. The minimum absolute atomic E-state index is 0.0533. The lowest BCUT2D eigenvalue weighted by atomic mass is 9.85. The van der Waals surface area contributed by atoms with Gasteiger partial charge in [-0.1, -0.05) is 133 Å². The number of rotatable bonds is 2. The Kier molecular flexibility index (Phi) is 6.94. The molecule has 0 aliphatic heterocycles. The fourth-order valence-corrected chi connectivity index (χ4v) is 12.0. The lowest BCUT2D eigenvalue weighted by Gasteiger charge is -2.19. The summed E-state index contributed by atoms with van der Waals surface area (Å²) in [7, 11) is 0. The minimum atomic E-state index is -0.0825. The fourth-order valence-electron chi connectivity index (χ4n) is 12.0. The molecule has 0 atom stereocenters. The summed E-state index contributed by atoms with van der Waals surface area (Å²) < 4.78 is 7.48. The molecule has 318 valence electrons. The van der Waals surface area contributed by atoms with E-state index in [4.69, 9.17) is 4.98 Å². The van der Waals surface area contributed by atoms with Crippen molar-refractivity contribution >= 4 is 120 Å². The van der Waals surface area contributed by atoms with Crippen LogP contribution in [-0.4, -0.2) is 18.4 Å². The molecule has 0 spiro atoms. The Balaban J connectivity index is 1.13. The highest BCUT2D eigenvalue weighted by atomic mass is 15.0. The van der Waals surface area contributed by atoms with Crippen LogP contribution >= 0.6 is 0 Å². The standard InChI is InChI=1S/C63H46N4/c1-62(2,3)39-31-48-49-34-55-57(51-33-40(63(4,5)6)30-47-46-26-35-16-10-11-17-36(35)29-54(46)66(55)59(47)51)64-61(49)67-58(48)50(32-39)56-42-21-13-12-18-37(42)27-44(60(56)67)38-24-25-53-45(28-38)43-22-14-15-23-52(43)65(53)41-19-8-7-9-20-41/h7-34H,1-6H3. The molecule has 15 aromatic rings. The van der Waals surface area contributed by atoms with Gasteiger partial charge in [-0.2, -0.15) is 0 Å². The highest BCUT2D eigenvalue weighted by Crippen LogP contribution is 2.50. The maximum Gasteiger partial charge on any atom is 0.146 e. The first-order valence-electron chi connectivity index (χ1n) is 23.7. The molecule has 0 amide bonds. The van der Waals surface area contributed by atoms with E-state index in [-0.39, 0.29) is 10.8 Å². The molecule has 4 nitrogen and oxygen atoms in total. The highest BCUT2D eigenvalue weighted by molar-refractivity contribution is 6.33. The second-order valence-corrected chi connectivity index (χ2v) is 21.2. The van der Waals surface area contributed by atoms with Crippen LogP contribution in [0.3, 0.4) is 0 Å². The zero-order valence-electron chi connectivity index (χ0n) is 38.5. The van der Waals surface area contributed by atoms with Gasteiger partial charge in [-0.3, -0.25) is 4.40 Å². The Morgan fingerprint density at radius 1 is 0.373 bits per heavy atom. The van der Waals surface area contributed by atoms with Crippen LogP contribution in [0.5, 0.6) is 0 Å². The topological polar surface area (TPSA) is 26.6 Å². The molecule has 9 aromatic carbocycles. The first kappa shape index (κ1) is 37.3. The van der Waals surface area contributed by atoms with E-state index in [1.54, 1.807) is 0 Å². The number of fused-ring (bicyclic) bond motifs is 18. The van der Waals surface area contributed by atoms with Crippen molar-refractivity contribution < 1.29 is 0 Å². The maximum absolute atomic E-state index is 5.97. The van der Waals surface area contributed by atoms with E-state index >= 15 is 0 Å². The normalized spacial score (nSPS) is 13.2. The van der Waals surface area contributed by atoms with Crippen molar-refractivity contribution in [1.82, 2.24) is 18.4 Å². The van der Waals surface area contributed by atoms with Crippen LogP contribution < -0.4 is 0 Å². The summed E-state index contributed by atoms with van der Waals surface area (Å²) in [6.45, 7) is 14.0. The van der Waals surface area contributed by atoms with Crippen LogP contribution in [-0.2, 0) is 10.8 Å². The molecule has 15 rings (SSSR count). The number of pyridine rings is 1. The molecule has 0 unspecified atom stereocenters. The average molecular weight is 859 g/mol. The van der Waals surface area contributed by atoms with Crippen LogP contribution in [0.1, 0.15) is 52.7 Å². The van der Waals surface area contributed by atoms with Gasteiger partial charge >= 0.3 is 0 Å². The molecule has 0 radical (unpaired) electrons. The smallest absolute Gasteiger partial charge is 0.146 e. The zero-order chi connectivity index (χ0) is 44.8. The van der Waals surface area contributed by atoms with E-state index in [1.807, 2.05) is 0 Å². The first-order chi connectivity index (χ1) is 32.5. The SMILES string of the molecule is CC(C)(C)c1cc2c3cc4ccccc4cc3n3c4cc5c6cc(C(C)(C)C)cc7c8c9ccccc9cc(-c9ccc%10c(c9)c9ccccc9n%10-c9ccccc9)c8n(c5nc4c(c1)c23)c67. The number of hydrogen-bond acceptors (Lipinski definition) is 1. The van der Waals surface area contributed by atoms with E-state index in [2.05, 4.69) is 225 Å². The van der Waals surface area contributed by atoms with E-state index in [9.17, 15) is 0 Å². The van der Waals surface area contributed by atoms with Crippen molar-refractivity contribution in [1.29, 1.82) is 0 Å². The van der Waals surface area contributed by atoms with Crippen LogP contribution in [0.15, 0.2) is 170 Å². The van der Waals surface area contributed by atoms with Gasteiger partial charge in [-0.25, -0.2) is 4.98 Å². The van der Waals surface area contributed by atoms with Crippen LogP contribution in [0, 0.1) is 0 Å². The lowest BCUT2D eigenvalue weighted by Crippen LogP contribution is -2.10. The number of para-hydroxylation sites is 2. The summed E-state index contributed by atoms with van der Waals surface area (Å²) in [5.74, 6) is 0. The van der Waals surface area contributed by atoms with Gasteiger partial charge in [0.25, 0.3) is 0 Å². The van der Waals surface area contributed by atoms with Gasteiger partial charge in [-0.05, 0) is 128 Å². The van der Waals surface area contributed by atoms with E-state index in [0.29, 0.717) is 0 Å². The van der Waals surface area contributed by atoms with Crippen molar-refractivity contribution in [2.75, 3.05) is 0 Å². The van der Waals surface area contributed by atoms with E-state index in [0.717, 1.165) is 22.4 Å². The van der Waals surface area contributed by atoms with Crippen molar-refractivity contribution in [3.05, 3.63) is 181 Å². The van der Waals surface area contributed by atoms with Gasteiger partial charge in [-0.15, -0.1) is 0 Å². The Morgan fingerprint density at radius 3 is 1.73 bits per heavy atom. The first-order valence-corrected chi connectivity index (χ1v) is 23.7.